The summed E-state index contributed by atoms with van der Waals surface area (Å²) in [6, 6.07) is 10.3. The molecule has 6 heteroatoms. The summed E-state index contributed by atoms with van der Waals surface area (Å²) in [5, 5.41) is 3.96. The van der Waals surface area contributed by atoms with E-state index in [1.165, 1.54) is 6.07 Å². The maximum Gasteiger partial charge on any atom is 0.261 e. The van der Waals surface area contributed by atoms with Crippen molar-refractivity contribution in [2.24, 2.45) is 16.8 Å². The van der Waals surface area contributed by atoms with Gasteiger partial charge in [0.2, 0.25) is 5.82 Å². The van der Waals surface area contributed by atoms with Gasteiger partial charge in [0.1, 0.15) is 11.5 Å². The number of allylic oxidation sites excluding steroid dienone is 1. The second-order valence-corrected chi connectivity index (χ2v) is 6.23. The standard InChI is InChI=1S/C19H13FN4O/c20-15-5-4-11(16-3-1-2-6-21-16)8-14(15)19-23-18(24-25-19)17-9-12-7-13(12)10-22-17/h1-6,8-10,12-13H,7H2. The Hall–Kier alpha value is -3.15. The van der Waals surface area contributed by atoms with Crippen LogP contribution in [0.2, 0.25) is 0 Å². The van der Waals surface area contributed by atoms with Gasteiger partial charge in [-0.1, -0.05) is 17.3 Å². The first-order valence-corrected chi connectivity index (χ1v) is 8.09. The zero-order valence-corrected chi connectivity index (χ0v) is 13.1. The van der Waals surface area contributed by atoms with E-state index in [1.807, 2.05) is 24.4 Å². The second kappa shape index (κ2) is 5.44. The van der Waals surface area contributed by atoms with Gasteiger partial charge in [-0.15, -0.1) is 0 Å². The maximum absolute atomic E-state index is 14.3. The number of aliphatic imine (C=N–C) groups is 1. The first-order valence-electron chi connectivity index (χ1n) is 8.09. The zero-order chi connectivity index (χ0) is 16.8. The molecule has 2 aliphatic rings. The SMILES string of the molecule is Fc1ccc(-c2ccccn2)cc1-c1nc(C2=CC3CC3C=N2)no1. The molecule has 5 nitrogen and oxygen atoms in total. The summed E-state index contributed by atoms with van der Waals surface area (Å²) >= 11 is 0. The van der Waals surface area contributed by atoms with Crippen molar-refractivity contribution in [1.29, 1.82) is 0 Å². The molecule has 0 spiro atoms. The van der Waals surface area contributed by atoms with Gasteiger partial charge in [0.25, 0.3) is 5.89 Å². The van der Waals surface area contributed by atoms with E-state index in [4.69, 9.17) is 4.52 Å². The Morgan fingerprint density at radius 3 is 2.92 bits per heavy atom. The molecule has 25 heavy (non-hydrogen) atoms. The van der Waals surface area contributed by atoms with Gasteiger partial charge in [-0.3, -0.25) is 9.98 Å². The summed E-state index contributed by atoms with van der Waals surface area (Å²) in [4.78, 5) is 13.0. The van der Waals surface area contributed by atoms with Crippen LogP contribution in [-0.4, -0.2) is 21.3 Å². The molecule has 2 unspecified atom stereocenters. The van der Waals surface area contributed by atoms with Crippen molar-refractivity contribution in [3.05, 3.63) is 60.3 Å². The highest BCUT2D eigenvalue weighted by Gasteiger charge is 2.37. The lowest BCUT2D eigenvalue weighted by molar-refractivity contribution is 0.425. The predicted octanol–water partition coefficient (Wildman–Crippen LogP) is 4.00. The molecule has 3 heterocycles. The van der Waals surface area contributed by atoms with Crippen LogP contribution in [0.3, 0.4) is 0 Å². The minimum atomic E-state index is -0.418. The van der Waals surface area contributed by atoms with Crippen LogP contribution in [0.1, 0.15) is 12.2 Å². The van der Waals surface area contributed by atoms with Crippen LogP contribution in [0.15, 0.2) is 58.2 Å². The van der Waals surface area contributed by atoms with Crippen LogP contribution in [0.25, 0.3) is 28.4 Å². The van der Waals surface area contributed by atoms with E-state index in [9.17, 15) is 4.39 Å². The summed E-state index contributed by atoms with van der Waals surface area (Å²) in [6.07, 6.45) is 6.80. The van der Waals surface area contributed by atoms with E-state index < -0.39 is 5.82 Å². The van der Waals surface area contributed by atoms with Crippen molar-refractivity contribution in [2.75, 3.05) is 0 Å². The van der Waals surface area contributed by atoms with E-state index in [-0.39, 0.29) is 11.5 Å². The highest BCUT2D eigenvalue weighted by atomic mass is 19.1. The van der Waals surface area contributed by atoms with Gasteiger partial charge in [0.05, 0.1) is 11.3 Å². The normalized spacial score (nSPS) is 20.9. The lowest BCUT2D eigenvalue weighted by Crippen LogP contribution is -1.94. The number of fused-ring (bicyclic) bond motifs is 1. The fourth-order valence-electron chi connectivity index (χ4n) is 2.97. The summed E-state index contributed by atoms with van der Waals surface area (Å²) < 4.78 is 19.6. The summed E-state index contributed by atoms with van der Waals surface area (Å²) in [7, 11) is 0. The Labute approximate surface area is 142 Å². The van der Waals surface area contributed by atoms with Crippen molar-refractivity contribution in [2.45, 2.75) is 6.42 Å². The molecular weight excluding hydrogens is 319 g/mol. The zero-order valence-electron chi connectivity index (χ0n) is 13.1. The average Bonchev–Trinajstić information content (AvgIpc) is 3.28. The fourth-order valence-corrected chi connectivity index (χ4v) is 2.97. The van der Waals surface area contributed by atoms with Gasteiger partial charge in [0.15, 0.2) is 0 Å². The van der Waals surface area contributed by atoms with Crippen molar-refractivity contribution < 1.29 is 8.91 Å². The minimum absolute atomic E-state index is 0.138. The molecule has 0 amide bonds. The van der Waals surface area contributed by atoms with Crippen molar-refractivity contribution in [3.8, 4) is 22.7 Å². The first-order chi connectivity index (χ1) is 12.3. The lowest BCUT2D eigenvalue weighted by atomic mass is 10.1. The number of pyridine rings is 1. The molecule has 3 aromatic rings. The molecule has 2 atom stereocenters. The van der Waals surface area contributed by atoms with Crippen LogP contribution >= 0.6 is 0 Å². The van der Waals surface area contributed by atoms with Crippen LogP contribution in [0, 0.1) is 17.7 Å². The van der Waals surface area contributed by atoms with Crippen LogP contribution < -0.4 is 0 Å². The maximum atomic E-state index is 14.3. The largest absolute Gasteiger partial charge is 0.333 e. The predicted molar refractivity (Wildman–Crippen MR) is 91.0 cm³/mol. The van der Waals surface area contributed by atoms with Gasteiger partial charge in [0, 0.05) is 23.9 Å². The third-order valence-corrected chi connectivity index (χ3v) is 4.48. The third kappa shape index (κ3) is 2.55. The van der Waals surface area contributed by atoms with E-state index in [0.717, 1.165) is 17.7 Å². The van der Waals surface area contributed by atoms with E-state index >= 15 is 0 Å². The number of benzene rings is 1. The quantitative estimate of drug-likeness (QED) is 0.727. The van der Waals surface area contributed by atoms with Gasteiger partial charge < -0.3 is 4.52 Å². The van der Waals surface area contributed by atoms with Gasteiger partial charge >= 0.3 is 0 Å². The van der Waals surface area contributed by atoms with Crippen LogP contribution in [0.4, 0.5) is 4.39 Å². The Balaban J connectivity index is 1.52. The van der Waals surface area contributed by atoms with Crippen molar-refractivity contribution in [1.82, 2.24) is 15.1 Å². The average molecular weight is 332 g/mol. The third-order valence-electron chi connectivity index (χ3n) is 4.48. The number of rotatable bonds is 3. The molecule has 5 rings (SSSR count). The fraction of sp³-hybridized carbons (Fsp3) is 0.158. The molecule has 122 valence electrons. The Kier molecular flexibility index (Phi) is 3.09. The van der Waals surface area contributed by atoms with Crippen molar-refractivity contribution in [3.63, 3.8) is 0 Å². The van der Waals surface area contributed by atoms with Crippen LogP contribution in [0.5, 0.6) is 0 Å². The second-order valence-electron chi connectivity index (χ2n) is 6.23. The number of hydrogen-bond donors (Lipinski definition) is 0. The first kappa shape index (κ1) is 14.2. The number of nitrogens with zero attached hydrogens (tertiary/aromatic N) is 4. The van der Waals surface area contributed by atoms with E-state index in [2.05, 4.69) is 26.2 Å². The smallest absolute Gasteiger partial charge is 0.261 e. The molecular formula is C19H13FN4O. The van der Waals surface area contributed by atoms with Gasteiger partial charge in [-0.2, -0.15) is 4.98 Å². The molecule has 1 aromatic carbocycles. The summed E-state index contributed by atoms with van der Waals surface area (Å²) in [5.41, 5.74) is 2.48. The van der Waals surface area contributed by atoms with Gasteiger partial charge in [-0.25, -0.2) is 4.39 Å². The Morgan fingerprint density at radius 2 is 2.08 bits per heavy atom. The number of hydrogen-bond acceptors (Lipinski definition) is 5. The van der Waals surface area contributed by atoms with E-state index in [0.29, 0.717) is 23.4 Å². The highest BCUT2D eigenvalue weighted by Crippen LogP contribution is 2.43. The molecule has 2 aromatic heterocycles. The Bertz CT molecular complexity index is 1010. The monoisotopic (exact) mass is 332 g/mol. The minimum Gasteiger partial charge on any atom is -0.333 e. The number of halogens is 1. The van der Waals surface area contributed by atoms with Crippen LogP contribution in [-0.2, 0) is 0 Å². The summed E-state index contributed by atoms with van der Waals surface area (Å²) in [5.74, 6) is 1.19. The van der Waals surface area contributed by atoms with Gasteiger partial charge in [-0.05, 0) is 42.7 Å². The number of aromatic nitrogens is 3. The topological polar surface area (TPSA) is 64.2 Å². The van der Waals surface area contributed by atoms with E-state index in [1.54, 1.807) is 18.3 Å². The Morgan fingerprint density at radius 1 is 1.12 bits per heavy atom. The molecule has 0 radical (unpaired) electrons. The van der Waals surface area contributed by atoms with Crippen molar-refractivity contribution >= 4 is 11.9 Å². The highest BCUT2D eigenvalue weighted by molar-refractivity contribution is 5.79. The lowest BCUT2D eigenvalue weighted by Gasteiger charge is -2.03. The molecule has 0 bridgehead atoms. The molecule has 0 saturated heterocycles. The molecule has 1 aliphatic carbocycles. The molecule has 1 saturated carbocycles. The molecule has 1 fully saturated rings. The summed E-state index contributed by atoms with van der Waals surface area (Å²) in [6.45, 7) is 0. The molecule has 0 N–H and O–H groups in total. The molecule has 1 aliphatic heterocycles.